The lowest BCUT2D eigenvalue weighted by Gasteiger charge is -2.09. The average molecular weight is 180 g/mol. The summed E-state index contributed by atoms with van der Waals surface area (Å²) in [5, 5.41) is 4.35. The number of hydrogen-bond acceptors (Lipinski definition) is 3. The first-order valence-electron chi connectivity index (χ1n) is 4.48. The number of carbonyl (C=O) groups excluding carboxylic acids is 1. The molecule has 0 fully saturated rings. The highest BCUT2D eigenvalue weighted by atomic mass is 16.5. The second-order valence-corrected chi connectivity index (χ2v) is 3.05. The summed E-state index contributed by atoms with van der Waals surface area (Å²) in [4.78, 5) is 10.8. The van der Waals surface area contributed by atoms with Crippen molar-refractivity contribution in [2.45, 2.75) is 26.5 Å². The molecule has 0 amide bonds. The maximum absolute atomic E-state index is 10.8. The van der Waals surface area contributed by atoms with E-state index >= 15 is 0 Å². The SMILES string of the molecule is CCn1nc2c(c1C=O)COCC2. The van der Waals surface area contributed by atoms with Gasteiger partial charge in [-0.1, -0.05) is 0 Å². The van der Waals surface area contributed by atoms with Gasteiger partial charge in [-0.25, -0.2) is 0 Å². The Hall–Kier alpha value is -1.16. The largest absolute Gasteiger partial charge is 0.376 e. The van der Waals surface area contributed by atoms with Crippen molar-refractivity contribution in [3.8, 4) is 0 Å². The van der Waals surface area contributed by atoms with Crippen LogP contribution in [0.5, 0.6) is 0 Å². The van der Waals surface area contributed by atoms with E-state index in [0.29, 0.717) is 18.9 Å². The van der Waals surface area contributed by atoms with Gasteiger partial charge in [-0.15, -0.1) is 0 Å². The van der Waals surface area contributed by atoms with Gasteiger partial charge in [-0.3, -0.25) is 9.48 Å². The summed E-state index contributed by atoms with van der Waals surface area (Å²) in [7, 11) is 0. The Kier molecular flexibility index (Phi) is 2.14. The van der Waals surface area contributed by atoms with Crippen molar-refractivity contribution < 1.29 is 9.53 Å². The molecule has 0 spiro atoms. The van der Waals surface area contributed by atoms with Gasteiger partial charge in [-0.05, 0) is 6.92 Å². The van der Waals surface area contributed by atoms with E-state index in [2.05, 4.69) is 5.10 Å². The third kappa shape index (κ3) is 1.27. The molecule has 0 saturated carbocycles. The first kappa shape index (κ1) is 8.44. The zero-order valence-corrected chi connectivity index (χ0v) is 7.62. The van der Waals surface area contributed by atoms with Crippen LogP contribution in [-0.2, 0) is 24.3 Å². The van der Waals surface area contributed by atoms with E-state index in [-0.39, 0.29) is 0 Å². The van der Waals surface area contributed by atoms with Gasteiger partial charge in [0.15, 0.2) is 6.29 Å². The molecule has 1 aliphatic heterocycles. The number of aryl methyl sites for hydroxylation is 1. The Bertz CT molecular complexity index is 331. The second-order valence-electron chi connectivity index (χ2n) is 3.05. The molecule has 1 aromatic rings. The van der Waals surface area contributed by atoms with Gasteiger partial charge in [0.1, 0.15) is 5.69 Å². The highest BCUT2D eigenvalue weighted by molar-refractivity contribution is 5.75. The van der Waals surface area contributed by atoms with Crippen LogP contribution < -0.4 is 0 Å². The normalized spacial score (nSPS) is 15.5. The zero-order valence-electron chi connectivity index (χ0n) is 7.62. The quantitative estimate of drug-likeness (QED) is 0.632. The summed E-state index contributed by atoms with van der Waals surface area (Å²) < 4.78 is 7.03. The van der Waals surface area contributed by atoms with Crippen LogP contribution in [0.15, 0.2) is 0 Å². The van der Waals surface area contributed by atoms with Gasteiger partial charge < -0.3 is 4.74 Å². The average Bonchev–Trinajstić information content (AvgIpc) is 2.55. The van der Waals surface area contributed by atoms with Crippen molar-refractivity contribution in [3.05, 3.63) is 17.0 Å². The molecule has 2 rings (SSSR count). The van der Waals surface area contributed by atoms with Crippen molar-refractivity contribution in [1.82, 2.24) is 9.78 Å². The number of aromatic nitrogens is 2. The Balaban J connectivity index is 2.50. The minimum atomic E-state index is 0.531. The molecule has 0 aliphatic carbocycles. The van der Waals surface area contributed by atoms with Crippen LogP contribution in [0.1, 0.15) is 28.7 Å². The molecule has 13 heavy (non-hydrogen) atoms. The Morgan fingerprint density at radius 3 is 3.23 bits per heavy atom. The van der Waals surface area contributed by atoms with Crippen LogP contribution in [0.4, 0.5) is 0 Å². The fourth-order valence-corrected chi connectivity index (χ4v) is 1.64. The third-order valence-corrected chi connectivity index (χ3v) is 2.32. The maximum Gasteiger partial charge on any atom is 0.168 e. The van der Waals surface area contributed by atoms with Crippen LogP contribution in [-0.4, -0.2) is 22.7 Å². The molecule has 0 aromatic carbocycles. The highest BCUT2D eigenvalue weighted by Crippen LogP contribution is 2.18. The van der Waals surface area contributed by atoms with E-state index in [9.17, 15) is 4.79 Å². The van der Waals surface area contributed by atoms with Gasteiger partial charge in [0.2, 0.25) is 0 Å². The van der Waals surface area contributed by atoms with Crippen LogP contribution in [0.3, 0.4) is 0 Å². The number of hydrogen-bond donors (Lipinski definition) is 0. The number of rotatable bonds is 2. The summed E-state index contributed by atoms with van der Waals surface area (Å²) in [5.41, 5.74) is 2.68. The fourth-order valence-electron chi connectivity index (χ4n) is 1.64. The molecule has 70 valence electrons. The molecular weight excluding hydrogens is 168 g/mol. The van der Waals surface area contributed by atoms with Crippen molar-refractivity contribution >= 4 is 6.29 Å². The molecule has 0 bridgehead atoms. The molecule has 1 aromatic heterocycles. The lowest BCUT2D eigenvalue weighted by atomic mass is 10.1. The fraction of sp³-hybridized carbons (Fsp3) is 0.556. The molecule has 0 saturated heterocycles. The second kappa shape index (κ2) is 3.30. The molecule has 0 unspecified atom stereocenters. The molecule has 0 radical (unpaired) electrons. The topological polar surface area (TPSA) is 44.1 Å². The van der Waals surface area contributed by atoms with E-state index in [1.807, 2.05) is 6.92 Å². The van der Waals surface area contributed by atoms with E-state index in [1.165, 1.54) is 0 Å². The first-order valence-corrected chi connectivity index (χ1v) is 4.48. The number of ether oxygens (including phenoxy) is 1. The number of nitrogens with zero attached hydrogens (tertiary/aromatic N) is 2. The Labute approximate surface area is 76.5 Å². The standard InChI is InChI=1S/C9H12N2O2/c1-2-11-9(5-12)7-6-13-4-3-8(7)10-11/h5H,2-4,6H2,1H3. The minimum Gasteiger partial charge on any atom is -0.376 e. The molecule has 4 heteroatoms. The third-order valence-electron chi connectivity index (χ3n) is 2.32. The van der Waals surface area contributed by atoms with Gasteiger partial charge in [0.25, 0.3) is 0 Å². The van der Waals surface area contributed by atoms with Gasteiger partial charge in [0.05, 0.1) is 18.9 Å². The highest BCUT2D eigenvalue weighted by Gasteiger charge is 2.19. The van der Waals surface area contributed by atoms with Crippen LogP contribution in [0.2, 0.25) is 0 Å². The molecule has 0 atom stereocenters. The van der Waals surface area contributed by atoms with Gasteiger partial charge >= 0.3 is 0 Å². The van der Waals surface area contributed by atoms with Crippen LogP contribution in [0.25, 0.3) is 0 Å². The molecule has 0 N–H and O–H groups in total. The van der Waals surface area contributed by atoms with Gasteiger partial charge in [-0.2, -0.15) is 5.10 Å². The number of fused-ring (bicyclic) bond motifs is 1. The minimum absolute atomic E-state index is 0.531. The van der Waals surface area contributed by atoms with Gasteiger partial charge in [0, 0.05) is 18.5 Å². The Morgan fingerprint density at radius 1 is 1.69 bits per heavy atom. The summed E-state index contributed by atoms with van der Waals surface area (Å²) in [6.07, 6.45) is 1.69. The lowest BCUT2D eigenvalue weighted by molar-refractivity contribution is 0.105. The van der Waals surface area contributed by atoms with E-state index in [0.717, 1.165) is 30.5 Å². The first-order chi connectivity index (χ1) is 6.36. The summed E-state index contributed by atoms with van der Waals surface area (Å²) >= 11 is 0. The van der Waals surface area contributed by atoms with Crippen molar-refractivity contribution in [2.24, 2.45) is 0 Å². The van der Waals surface area contributed by atoms with Crippen molar-refractivity contribution in [3.63, 3.8) is 0 Å². The monoisotopic (exact) mass is 180 g/mol. The number of carbonyl (C=O) groups is 1. The van der Waals surface area contributed by atoms with Crippen LogP contribution >= 0.6 is 0 Å². The summed E-state index contributed by atoms with van der Waals surface area (Å²) in [5.74, 6) is 0. The molecule has 1 aliphatic rings. The summed E-state index contributed by atoms with van der Waals surface area (Å²) in [6.45, 7) is 3.96. The molecule has 4 nitrogen and oxygen atoms in total. The predicted molar refractivity (Wildman–Crippen MR) is 46.6 cm³/mol. The zero-order chi connectivity index (χ0) is 9.26. The predicted octanol–water partition coefficient (Wildman–Crippen LogP) is 0.788. The van der Waals surface area contributed by atoms with Crippen molar-refractivity contribution in [1.29, 1.82) is 0 Å². The maximum atomic E-state index is 10.8. The van der Waals surface area contributed by atoms with E-state index in [4.69, 9.17) is 4.74 Å². The van der Waals surface area contributed by atoms with E-state index in [1.54, 1.807) is 4.68 Å². The summed E-state index contributed by atoms with van der Waals surface area (Å²) in [6, 6.07) is 0. The van der Waals surface area contributed by atoms with E-state index < -0.39 is 0 Å². The molecular formula is C9H12N2O2. The molecule has 2 heterocycles. The van der Waals surface area contributed by atoms with Crippen molar-refractivity contribution in [2.75, 3.05) is 6.61 Å². The van der Waals surface area contributed by atoms with Crippen LogP contribution in [0, 0.1) is 0 Å². The number of aldehydes is 1. The lowest BCUT2D eigenvalue weighted by Crippen LogP contribution is -2.09. The Morgan fingerprint density at radius 2 is 2.54 bits per heavy atom. The smallest absolute Gasteiger partial charge is 0.168 e.